The third kappa shape index (κ3) is 15.2. The van der Waals surface area contributed by atoms with E-state index >= 15 is 0 Å². The monoisotopic (exact) mass is 1030 g/mol. The van der Waals surface area contributed by atoms with Crippen LogP contribution in [0.5, 0.6) is 0 Å². The molecule has 4 aromatic carbocycles. The van der Waals surface area contributed by atoms with E-state index in [4.69, 9.17) is 42.7 Å². The number of aliphatic hydroxyl groups is 1. The molecule has 3 fully saturated rings. The van der Waals surface area contributed by atoms with Crippen molar-refractivity contribution in [3.63, 3.8) is 0 Å². The van der Waals surface area contributed by atoms with E-state index < -0.39 is 103 Å². The number of amides is 1. The SMILES string of the molecule is C[C@H]1O[C@H]([C@@H]2[C@@H](O)[C@H](O[C@H]3O[C@H](CN=[N+]=[N-])[C@@H](OCc4ccccc4)[C@H](OCc4ccccc4)[C@H]3N=[N+]=[N-])[C@@H](N=[N+]=[N-])C[C@H]2NC(=O)OC(C)(C)C)[C@H](OCc2ccccc2)[C@@H](OCc2ccccc2)[C@@H]1ON=[N+]=[N-]. The van der Waals surface area contributed by atoms with Crippen molar-refractivity contribution in [3.05, 3.63) is 185 Å². The second kappa shape index (κ2) is 27.4. The van der Waals surface area contributed by atoms with Crippen LogP contribution in [0.15, 0.2) is 142 Å². The van der Waals surface area contributed by atoms with Gasteiger partial charge in [-0.3, -0.25) is 0 Å². The van der Waals surface area contributed by atoms with Gasteiger partial charge in [0.15, 0.2) is 12.4 Å². The summed E-state index contributed by atoms with van der Waals surface area (Å²) in [5, 5.41) is 31.6. The maximum Gasteiger partial charge on any atom is 0.407 e. The molecule has 24 nitrogen and oxygen atoms in total. The minimum Gasteiger partial charge on any atom is -0.444 e. The molecular formula is C51H61N13O11. The largest absolute Gasteiger partial charge is 0.444 e. The normalized spacial score (nSPS) is 29.4. The highest BCUT2D eigenvalue weighted by molar-refractivity contribution is 5.68. The molecule has 1 amide bonds. The van der Waals surface area contributed by atoms with Gasteiger partial charge in [0.1, 0.15) is 41.3 Å². The van der Waals surface area contributed by atoms with E-state index in [9.17, 15) is 32.0 Å². The minimum atomic E-state index is -1.74. The fraction of sp³-hybridized carbons (Fsp3) is 0.510. The summed E-state index contributed by atoms with van der Waals surface area (Å²) in [5.41, 5.74) is 41.5. The van der Waals surface area contributed by atoms with Gasteiger partial charge in [0.05, 0.1) is 69.5 Å². The molecule has 396 valence electrons. The van der Waals surface area contributed by atoms with E-state index in [1.807, 2.05) is 121 Å². The molecule has 0 bridgehead atoms. The number of nitrogens with one attached hydrogen (secondary N) is 1. The fourth-order valence-electron chi connectivity index (χ4n) is 9.64. The third-order valence-corrected chi connectivity index (χ3v) is 12.9. The number of rotatable bonds is 22. The van der Waals surface area contributed by atoms with Gasteiger partial charge in [-0.25, -0.2) is 4.79 Å². The predicted molar refractivity (Wildman–Crippen MR) is 269 cm³/mol. The number of aliphatic hydroxyl groups excluding tert-OH is 1. The number of alkyl carbamates (subject to hydrolysis) is 1. The van der Waals surface area contributed by atoms with Gasteiger partial charge in [-0.2, -0.15) is 0 Å². The molecule has 2 saturated heterocycles. The van der Waals surface area contributed by atoms with Crippen LogP contribution in [0, 0.1) is 5.92 Å². The number of nitrogens with zero attached hydrogens (tertiary/aromatic N) is 12. The van der Waals surface area contributed by atoms with Gasteiger partial charge in [-0.1, -0.05) is 137 Å². The van der Waals surface area contributed by atoms with Gasteiger partial charge >= 0.3 is 6.09 Å². The average molecular weight is 1030 g/mol. The van der Waals surface area contributed by atoms with E-state index in [1.54, 1.807) is 27.7 Å². The van der Waals surface area contributed by atoms with Gasteiger partial charge in [0.2, 0.25) is 0 Å². The molecule has 2 N–H and O–H groups in total. The molecule has 1 aliphatic carbocycles. The van der Waals surface area contributed by atoms with E-state index in [1.165, 1.54) is 0 Å². The topological polar surface area (TPSA) is 327 Å². The van der Waals surface area contributed by atoms with Crippen molar-refractivity contribution in [2.24, 2.45) is 26.5 Å². The minimum absolute atomic E-state index is 0.00163. The van der Waals surface area contributed by atoms with Gasteiger partial charge < -0.3 is 53.2 Å². The molecule has 7 rings (SSSR count). The molecule has 75 heavy (non-hydrogen) atoms. The highest BCUT2D eigenvalue weighted by Gasteiger charge is 2.58. The van der Waals surface area contributed by atoms with Crippen LogP contribution in [0.4, 0.5) is 4.79 Å². The lowest BCUT2D eigenvalue weighted by Crippen LogP contribution is -2.69. The molecular weight excluding hydrogens is 971 g/mol. The van der Waals surface area contributed by atoms with Crippen LogP contribution in [0.1, 0.15) is 56.4 Å². The van der Waals surface area contributed by atoms with Crippen LogP contribution >= 0.6 is 0 Å². The zero-order valence-electron chi connectivity index (χ0n) is 41.8. The summed E-state index contributed by atoms with van der Waals surface area (Å²) < 4.78 is 52.5. The molecule has 3 aliphatic rings. The highest BCUT2D eigenvalue weighted by Crippen LogP contribution is 2.42. The number of carbonyl (C=O) groups excluding carboxylic acids is 1. The van der Waals surface area contributed by atoms with Crippen molar-refractivity contribution >= 4 is 6.09 Å². The van der Waals surface area contributed by atoms with Crippen LogP contribution in [0.3, 0.4) is 0 Å². The van der Waals surface area contributed by atoms with Crippen molar-refractivity contribution in [2.45, 2.75) is 152 Å². The summed E-state index contributed by atoms with van der Waals surface area (Å²) in [6.45, 7) is 6.59. The number of carbonyl (C=O) groups is 1. The Morgan fingerprint density at radius 2 is 1.16 bits per heavy atom. The summed E-state index contributed by atoms with van der Waals surface area (Å²) in [6, 6.07) is 33.4. The van der Waals surface area contributed by atoms with Gasteiger partial charge in [0.25, 0.3) is 0 Å². The molecule has 0 spiro atoms. The second-order valence-electron chi connectivity index (χ2n) is 19.2. The Bertz CT molecular complexity index is 2620. The lowest BCUT2D eigenvalue weighted by molar-refractivity contribution is -0.310. The summed E-state index contributed by atoms with van der Waals surface area (Å²) in [6.07, 6.45) is -14.5. The number of hydrogen-bond acceptors (Lipinski definition) is 15. The van der Waals surface area contributed by atoms with Crippen LogP contribution < -0.4 is 5.32 Å². The van der Waals surface area contributed by atoms with Crippen molar-refractivity contribution in [1.29, 1.82) is 0 Å². The first-order valence-corrected chi connectivity index (χ1v) is 24.5. The van der Waals surface area contributed by atoms with E-state index in [0.717, 1.165) is 22.3 Å². The van der Waals surface area contributed by atoms with E-state index in [-0.39, 0.29) is 39.4 Å². The maximum absolute atomic E-state index is 13.8. The first-order valence-electron chi connectivity index (χ1n) is 24.5. The highest BCUT2D eigenvalue weighted by atomic mass is 16.7. The summed E-state index contributed by atoms with van der Waals surface area (Å²) >= 11 is 0. The van der Waals surface area contributed by atoms with Gasteiger partial charge in [-0.15, -0.1) is 0 Å². The van der Waals surface area contributed by atoms with Crippen molar-refractivity contribution < 1.29 is 52.6 Å². The number of hydrogen-bond donors (Lipinski definition) is 2. The summed E-state index contributed by atoms with van der Waals surface area (Å²) in [7, 11) is 0. The molecule has 1 saturated carbocycles. The lowest BCUT2D eigenvalue weighted by atomic mass is 9.71. The molecule has 15 atom stereocenters. The van der Waals surface area contributed by atoms with Crippen LogP contribution in [-0.2, 0) is 69.2 Å². The number of ether oxygens (including phenoxy) is 8. The molecule has 0 aromatic heterocycles. The van der Waals surface area contributed by atoms with Gasteiger partial charge in [0, 0.05) is 31.6 Å². The summed E-state index contributed by atoms with van der Waals surface area (Å²) in [4.78, 5) is 31.7. The molecule has 0 unspecified atom stereocenters. The standard InChI is InChI=1S/C51H61N13O11/c1-31-42(75-64-63-55)47(69-29-34-21-13-7-14-22-34)48(70-30-35-23-15-8-16-24-35)45(71-31)39-36(57-50(66)74-51(2,3)4)25-37(58-61-53)43(41(39)65)73-49-40(59-62-54)46(68-28-33-19-11-6-12-20-33)44(38(72-49)26-56-60-52)67-27-32-17-9-5-10-18-32/h5-24,31,36-49,65H,25-30H2,1-4H3,(H,57,66)/t31-,36-,37+,38-,39+,40-,41-,42-,43-,44-,45-,46-,47+,48+,49-/m1/s1. The van der Waals surface area contributed by atoms with Crippen molar-refractivity contribution in [3.8, 4) is 0 Å². The Morgan fingerprint density at radius 1 is 0.653 bits per heavy atom. The Kier molecular flexibility index (Phi) is 20.3. The molecule has 2 heterocycles. The molecule has 0 radical (unpaired) electrons. The Hall–Kier alpha value is -7.13. The zero-order chi connectivity index (χ0) is 53.2. The van der Waals surface area contributed by atoms with Crippen LogP contribution in [0.2, 0.25) is 0 Å². The molecule has 4 aromatic rings. The van der Waals surface area contributed by atoms with Crippen molar-refractivity contribution in [1.82, 2.24) is 5.32 Å². The first-order chi connectivity index (χ1) is 36.4. The average Bonchev–Trinajstić information content (AvgIpc) is 3.40. The Labute approximate surface area is 432 Å². The Morgan fingerprint density at radius 3 is 1.65 bits per heavy atom. The smallest absolute Gasteiger partial charge is 0.407 e. The van der Waals surface area contributed by atoms with Gasteiger partial charge in [-0.05, 0) is 78.5 Å². The fourth-order valence-corrected chi connectivity index (χ4v) is 9.64. The molecule has 24 heteroatoms. The quantitative estimate of drug-likeness (QED) is 0.0323. The molecule has 2 aliphatic heterocycles. The maximum atomic E-state index is 13.8. The van der Waals surface area contributed by atoms with E-state index in [0.29, 0.717) is 0 Å². The number of benzene rings is 4. The summed E-state index contributed by atoms with van der Waals surface area (Å²) in [5.74, 6) is -1.22. The second-order valence-corrected chi connectivity index (χ2v) is 19.2. The zero-order valence-corrected chi connectivity index (χ0v) is 41.8. The number of azide groups is 4. The Balaban J connectivity index is 1.31. The van der Waals surface area contributed by atoms with Crippen LogP contribution in [0.25, 0.3) is 41.8 Å². The van der Waals surface area contributed by atoms with Crippen molar-refractivity contribution in [2.75, 3.05) is 6.54 Å². The third-order valence-electron chi connectivity index (χ3n) is 12.9. The first kappa shape index (κ1) is 55.6. The van der Waals surface area contributed by atoms with Crippen LogP contribution in [-0.4, -0.2) is 109 Å². The lowest BCUT2D eigenvalue weighted by Gasteiger charge is -2.53. The van der Waals surface area contributed by atoms with E-state index in [2.05, 4.69) is 45.6 Å². The predicted octanol–water partition coefficient (Wildman–Crippen LogP) is 9.78.